The highest BCUT2D eigenvalue weighted by molar-refractivity contribution is 5.85. The van der Waals surface area contributed by atoms with Crippen LogP contribution >= 0.6 is 0 Å². The summed E-state index contributed by atoms with van der Waals surface area (Å²) in [6.45, 7) is 1.95. The Morgan fingerprint density at radius 2 is 2.00 bits per heavy atom. The van der Waals surface area contributed by atoms with Crippen LogP contribution in [0.2, 0.25) is 0 Å². The van der Waals surface area contributed by atoms with Crippen LogP contribution in [-0.2, 0) is 17.8 Å². The van der Waals surface area contributed by atoms with Crippen LogP contribution in [-0.4, -0.2) is 35.2 Å². The number of carbonyl (C=O) groups excluding carboxylic acids is 1. The van der Waals surface area contributed by atoms with Gasteiger partial charge in [-0.05, 0) is 31.0 Å². The van der Waals surface area contributed by atoms with Gasteiger partial charge in [-0.25, -0.2) is 4.39 Å². The molecule has 28 heavy (non-hydrogen) atoms. The summed E-state index contributed by atoms with van der Waals surface area (Å²) < 4.78 is 14.4. The molecule has 1 unspecified atom stereocenters. The smallest absolute Gasteiger partial charge is 0.237 e. The van der Waals surface area contributed by atoms with Gasteiger partial charge in [-0.1, -0.05) is 24.3 Å². The van der Waals surface area contributed by atoms with Crippen molar-refractivity contribution in [3.05, 3.63) is 59.5 Å². The van der Waals surface area contributed by atoms with E-state index in [1.54, 1.807) is 6.07 Å². The molecular weight excluding hydrogens is 357 g/mol. The van der Waals surface area contributed by atoms with Crippen LogP contribution in [0.3, 0.4) is 0 Å². The van der Waals surface area contributed by atoms with E-state index < -0.39 is 6.04 Å². The molecule has 0 aliphatic carbocycles. The number of fused-ring (bicyclic) bond motifs is 1. The normalized spacial score (nSPS) is 15.1. The number of para-hydroxylation sites is 1. The Kier molecular flexibility index (Phi) is 5.25. The second kappa shape index (κ2) is 7.98. The number of amides is 1. The first kappa shape index (κ1) is 18.4. The highest BCUT2D eigenvalue weighted by Gasteiger charge is 2.21. The molecule has 0 bridgehead atoms. The molecule has 1 aromatic heterocycles. The second-order valence-corrected chi connectivity index (χ2v) is 7.18. The molecule has 3 aromatic rings. The van der Waals surface area contributed by atoms with E-state index in [0.717, 1.165) is 48.2 Å². The number of aromatic amines is 1. The molecule has 1 saturated heterocycles. The molecule has 1 atom stereocenters. The molecule has 0 saturated carbocycles. The summed E-state index contributed by atoms with van der Waals surface area (Å²) in [5.41, 5.74) is 9.12. The van der Waals surface area contributed by atoms with Gasteiger partial charge in [0.05, 0.1) is 11.6 Å². The number of rotatable bonds is 6. The molecule has 1 aliphatic heterocycles. The first-order chi connectivity index (χ1) is 13.6. The van der Waals surface area contributed by atoms with Crippen molar-refractivity contribution >= 4 is 22.5 Å². The third kappa shape index (κ3) is 3.71. The van der Waals surface area contributed by atoms with Crippen molar-refractivity contribution in [3.8, 4) is 0 Å². The Morgan fingerprint density at radius 1 is 1.21 bits per heavy atom. The predicted octanol–water partition coefficient (Wildman–Crippen LogP) is 2.49. The van der Waals surface area contributed by atoms with Crippen molar-refractivity contribution < 1.29 is 9.18 Å². The lowest BCUT2D eigenvalue weighted by molar-refractivity contribution is -0.122. The Bertz CT molecular complexity index is 980. The van der Waals surface area contributed by atoms with Crippen molar-refractivity contribution in [1.82, 2.24) is 15.5 Å². The first-order valence-corrected chi connectivity index (χ1v) is 9.61. The van der Waals surface area contributed by atoms with Crippen molar-refractivity contribution in [2.45, 2.75) is 31.8 Å². The summed E-state index contributed by atoms with van der Waals surface area (Å²) in [5, 5.41) is 10.9. The van der Waals surface area contributed by atoms with Crippen molar-refractivity contribution in [1.29, 1.82) is 0 Å². The van der Waals surface area contributed by atoms with Crippen LogP contribution in [0.5, 0.6) is 0 Å². The van der Waals surface area contributed by atoms with E-state index in [9.17, 15) is 9.18 Å². The van der Waals surface area contributed by atoms with Gasteiger partial charge in [0.15, 0.2) is 0 Å². The van der Waals surface area contributed by atoms with Crippen LogP contribution in [0, 0.1) is 5.82 Å². The van der Waals surface area contributed by atoms with E-state index in [4.69, 9.17) is 5.73 Å². The number of carbonyl (C=O) groups is 1. The number of H-pyrrole nitrogens is 1. The van der Waals surface area contributed by atoms with Gasteiger partial charge in [-0.2, -0.15) is 5.10 Å². The number of halogens is 1. The molecule has 1 aliphatic rings. The number of hydrogen-bond donors (Lipinski definition) is 3. The molecule has 2 aromatic carbocycles. The molecule has 2 heterocycles. The number of anilines is 1. The summed E-state index contributed by atoms with van der Waals surface area (Å²) in [4.78, 5) is 14.7. The molecule has 4 N–H and O–H groups in total. The van der Waals surface area contributed by atoms with Crippen LogP contribution < -0.4 is 16.0 Å². The summed E-state index contributed by atoms with van der Waals surface area (Å²) in [6, 6.07) is 12.0. The number of hydrogen-bond acceptors (Lipinski definition) is 4. The quantitative estimate of drug-likeness (QED) is 0.612. The van der Waals surface area contributed by atoms with E-state index in [1.807, 2.05) is 30.3 Å². The van der Waals surface area contributed by atoms with E-state index in [2.05, 4.69) is 20.4 Å². The predicted molar refractivity (Wildman–Crippen MR) is 107 cm³/mol. The number of nitrogens with zero attached hydrogens (tertiary/aromatic N) is 2. The minimum absolute atomic E-state index is 0.120. The third-order valence-corrected chi connectivity index (χ3v) is 5.28. The minimum atomic E-state index is -0.745. The molecule has 7 heteroatoms. The fourth-order valence-electron chi connectivity index (χ4n) is 3.77. The van der Waals surface area contributed by atoms with Crippen LogP contribution in [0.1, 0.15) is 24.1 Å². The summed E-state index contributed by atoms with van der Waals surface area (Å²) in [7, 11) is 0. The van der Waals surface area contributed by atoms with Gasteiger partial charge >= 0.3 is 0 Å². The SMILES string of the molecule is NC(Cc1[nH]nc2ccccc12)C(=O)NCc1c(F)cccc1N1CCCC1. The Balaban J connectivity index is 1.43. The molecule has 1 fully saturated rings. The number of nitrogens with two attached hydrogens (primary N) is 1. The minimum Gasteiger partial charge on any atom is -0.371 e. The summed E-state index contributed by atoms with van der Waals surface area (Å²) in [5.74, 6) is -0.618. The Morgan fingerprint density at radius 3 is 2.82 bits per heavy atom. The van der Waals surface area contributed by atoms with Gasteiger partial charge in [0.25, 0.3) is 0 Å². The third-order valence-electron chi connectivity index (χ3n) is 5.28. The lowest BCUT2D eigenvalue weighted by Gasteiger charge is -2.22. The standard InChI is InChI=1S/C21H24FN5O/c22-16-7-5-9-20(27-10-3-4-11-27)15(16)13-24-21(28)17(23)12-19-14-6-1-2-8-18(14)25-26-19/h1-2,5-9,17H,3-4,10-13,23H2,(H,24,28)(H,25,26). The van der Waals surface area contributed by atoms with Crippen molar-refractivity contribution in [3.63, 3.8) is 0 Å². The highest BCUT2D eigenvalue weighted by atomic mass is 19.1. The molecule has 146 valence electrons. The molecule has 0 radical (unpaired) electrons. The van der Waals surface area contributed by atoms with E-state index in [0.29, 0.717) is 12.0 Å². The number of nitrogens with one attached hydrogen (secondary N) is 2. The fraction of sp³-hybridized carbons (Fsp3) is 0.333. The highest BCUT2D eigenvalue weighted by Crippen LogP contribution is 2.26. The van der Waals surface area contributed by atoms with E-state index >= 15 is 0 Å². The maximum Gasteiger partial charge on any atom is 0.237 e. The largest absolute Gasteiger partial charge is 0.371 e. The van der Waals surface area contributed by atoms with Crippen molar-refractivity contribution in [2.24, 2.45) is 5.73 Å². The maximum absolute atomic E-state index is 14.4. The zero-order valence-electron chi connectivity index (χ0n) is 15.6. The molecular formula is C21H24FN5O. The maximum atomic E-state index is 14.4. The van der Waals surface area contributed by atoms with Crippen molar-refractivity contribution in [2.75, 3.05) is 18.0 Å². The average molecular weight is 381 g/mol. The Labute approximate surface area is 162 Å². The van der Waals surface area contributed by atoms with Crippen LogP contribution in [0.4, 0.5) is 10.1 Å². The number of aromatic nitrogens is 2. The molecule has 4 rings (SSSR count). The zero-order valence-corrected chi connectivity index (χ0v) is 15.6. The van der Waals surface area contributed by atoms with Gasteiger partial charge in [0.2, 0.25) is 5.91 Å². The van der Waals surface area contributed by atoms with E-state index in [-0.39, 0.29) is 18.3 Å². The van der Waals surface area contributed by atoms with Gasteiger partial charge < -0.3 is 16.0 Å². The molecule has 6 nitrogen and oxygen atoms in total. The fourth-order valence-corrected chi connectivity index (χ4v) is 3.77. The Hall–Kier alpha value is -2.93. The monoisotopic (exact) mass is 381 g/mol. The average Bonchev–Trinajstić information content (AvgIpc) is 3.37. The zero-order chi connectivity index (χ0) is 19.5. The number of benzene rings is 2. The second-order valence-electron chi connectivity index (χ2n) is 7.18. The van der Waals surface area contributed by atoms with Crippen LogP contribution in [0.15, 0.2) is 42.5 Å². The van der Waals surface area contributed by atoms with Gasteiger partial charge in [-0.15, -0.1) is 0 Å². The van der Waals surface area contributed by atoms with Gasteiger partial charge in [-0.3, -0.25) is 9.89 Å². The molecule has 0 spiro atoms. The van der Waals surface area contributed by atoms with E-state index in [1.165, 1.54) is 6.07 Å². The lowest BCUT2D eigenvalue weighted by Crippen LogP contribution is -2.42. The van der Waals surface area contributed by atoms with Gasteiger partial charge in [0, 0.05) is 48.4 Å². The topological polar surface area (TPSA) is 87.0 Å². The van der Waals surface area contributed by atoms with Crippen LogP contribution in [0.25, 0.3) is 10.9 Å². The molecule has 1 amide bonds. The lowest BCUT2D eigenvalue weighted by atomic mass is 10.1. The summed E-state index contributed by atoms with van der Waals surface area (Å²) >= 11 is 0. The first-order valence-electron chi connectivity index (χ1n) is 9.61. The summed E-state index contributed by atoms with van der Waals surface area (Å²) in [6.07, 6.45) is 2.54. The van der Waals surface area contributed by atoms with Gasteiger partial charge in [0.1, 0.15) is 5.82 Å².